The zero-order chi connectivity index (χ0) is 22.7. The van der Waals surface area contributed by atoms with Crippen molar-refractivity contribution >= 4 is 31.9 Å². The van der Waals surface area contributed by atoms with Crippen LogP contribution in [0.4, 0.5) is 0 Å². The fourth-order valence-electron chi connectivity index (χ4n) is 4.00. The highest BCUT2D eigenvalue weighted by molar-refractivity contribution is 9.10. The van der Waals surface area contributed by atoms with Gasteiger partial charge in [-0.15, -0.1) is 10.2 Å². The predicted octanol–water partition coefficient (Wildman–Crippen LogP) is 7.44. The van der Waals surface area contributed by atoms with Gasteiger partial charge in [0.2, 0.25) is 11.8 Å². The van der Waals surface area contributed by atoms with E-state index in [1.54, 1.807) is 0 Å². The largest absolute Gasteiger partial charge is 0.421 e. The van der Waals surface area contributed by atoms with Crippen molar-refractivity contribution in [2.45, 2.75) is 8.65 Å². The number of rotatable bonds is 6. The van der Waals surface area contributed by atoms with Gasteiger partial charge in [-0.05, 0) is 22.3 Å². The Kier molecular flexibility index (Phi) is 6.00. The first kappa shape index (κ1) is 21.8. The molecule has 0 spiro atoms. The SMILES string of the molecule is BrC(c1ccccc1)(c1ccccc1)c1nnc(C(Br)(c2ccccc2)c2ccccc2)o1. The summed E-state index contributed by atoms with van der Waals surface area (Å²) in [6.45, 7) is 0. The fraction of sp³-hybridized carbons (Fsp3) is 0.0714. The molecule has 0 saturated heterocycles. The summed E-state index contributed by atoms with van der Waals surface area (Å²) in [5.74, 6) is 0.927. The molecular weight excluding hydrogens is 540 g/mol. The van der Waals surface area contributed by atoms with Crippen LogP contribution in [0.2, 0.25) is 0 Å². The van der Waals surface area contributed by atoms with E-state index in [4.69, 9.17) is 4.42 Å². The lowest BCUT2D eigenvalue weighted by Gasteiger charge is -2.27. The molecule has 0 unspecified atom stereocenters. The van der Waals surface area contributed by atoms with Gasteiger partial charge in [0, 0.05) is 0 Å². The minimum absolute atomic E-state index is 0.464. The normalized spacial score (nSPS) is 11.9. The molecule has 1 aromatic heterocycles. The van der Waals surface area contributed by atoms with E-state index in [0.717, 1.165) is 22.3 Å². The molecule has 0 radical (unpaired) electrons. The third-order valence-electron chi connectivity index (χ3n) is 5.70. The average molecular weight is 560 g/mol. The molecule has 0 atom stereocenters. The molecule has 0 aliphatic rings. The quantitative estimate of drug-likeness (QED) is 0.203. The maximum atomic E-state index is 6.52. The summed E-state index contributed by atoms with van der Waals surface area (Å²) in [6, 6.07) is 40.5. The van der Waals surface area contributed by atoms with E-state index < -0.39 is 8.65 Å². The molecule has 5 rings (SSSR count). The molecule has 162 valence electrons. The summed E-state index contributed by atoms with van der Waals surface area (Å²) in [7, 11) is 0. The van der Waals surface area contributed by atoms with E-state index in [9.17, 15) is 0 Å². The zero-order valence-electron chi connectivity index (χ0n) is 17.6. The Balaban J connectivity index is 1.71. The molecule has 5 aromatic rings. The molecule has 4 aromatic carbocycles. The highest BCUT2D eigenvalue weighted by Crippen LogP contribution is 2.48. The summed E-state index contributed by atoms with van der Waals surface area (Å²) in [6.07, 6.45) is 0. The molecule has 0 bridgehead atoms. The molecule has 0 amide bonds. The van der Waals surface area contributed by atoms with Crippen molar-refractivity contribution in [2.75, 3.05) is 0 Å². The Labute approximate surface area is 209 Å². The van der Waals surface area contributed by atoms with Gasteiger partial charge in [0.15, 0.2) is 8.65 Å². The Hall–Kier alpha value is -3.02. The Morgan fingerprint density at radius 1 is 0.424 bits per heavy atom. The van der Waals surface area contributed by atoms with E-state index >= 15 is 0 Å². The van der Waals surface area contributed by atoms with Crippen molar-refractivity contribution in [3.8, 4) is 0 Å². The van der Waals surface area contributed by atoms with Gasteiger partial charge in [0.05, 0.1) is 0 Å². The smallest absolute Gasteiger partial charge is 0.242 e. The summed E-state index contributed by atoms with van der Waals surface area (Å²) >= 11 is 7.98. The highest BCUT2D eigenvalue weighted by atomic mass is 79.9. The summed E-state index contributed by atoms with van der Waals surface area (Å²) in [5, 5.41) is 9.13. The second-order valence-electron chi connectivity index (χ2n) is 7.69. The Bertz CT molecular complexity index is 1140. The lowest BCUT2D eigenvalue weighted by Crippen LogP contribution is -2.23. The first-order chi connectivity index (χ1) is 16.1. The molecule has 0 N–H and O–H groups in total. The van der Waals surface area contributed by atoms with Gasteiger partial charge in [0.25, 0.3) is 0 Å². The van der Waals surface area contributed by atoms with Crippen LogP contribution in [-0.4, -0.2) is 10.2 Å². The molecule has 5 heteroatoms. The van der Waals surface area contributed by atoms with Gasteiger partial charge >= 0.3 is 0 Å². The summed E-state index contributed by atoms with van der Waals surface area (Å²) < 4.78 is 4.94. The highest BCUT2D eigenvalue weighted by Gasteiger charge is 2.43. The van der Waals surface area contributed by atoms with E-state index in [1.807, 2.05) is 72.8 Å². The van der Waals surface area contributed by atoms with Crippen molar-refractivity contribution in [1.82, 2.24) is 10.2 Å². The van der Waals surface area contributed by atoms with E-state index in [-0.39, 0.29) is 0 Å². The molecule has 0 fully saturated rings. The van der Waals surface area contributed by atoms with Gasteiger partial charge in [-0.25, -0.2) is 0 Å². The monoisotopic (exact) mass is 558 g/mol. The minimum atomic E-state index is -0.790. The van der Waals surface area contributed by atoms with Crippen molar-refractivity contribution in [3.05, 3.63) is 155 Å². The number of nitrogens with zero attached hydrogens (tertiary/aromatic N) is 2. The zero-order valence-corrected chi connectivity index (χ0v) is 20.8. The molecule has 0 aliphatic heterocycles. The average Bonchev–Trinajstić information content (AvgIpc) is 3.41. The molecule has 3 nitrogen and oxygen atoms in total. The van der Waals surface area contributed by atoms with Gasteiger partial charge in [-0.3, -0.25) is 0 Å². The third kappa shape index (κ3) is 3.85. The van der Waals surface area contributed by atoms with Crippen LogP contribution in [0.3, 0.4) is 0 Å². The number of halogens is 2. The number of aromatic nitrogens is 2. The first-order valence-electron chi connectivity index (χ1n) is 10.6. The minimum Gasteiger partial charge on any atom is -0.421 e. The van der Waals surface area contributed by atoms with Gasteiger partial charge in [-0.1, -0.05) is 153 Å². The second-order valence-corrected chi connectivity index (χ2v) is 10.1. The van der Waals surface area contributed by atoms with Gasteiger partial charge in [-0.2, -0.15) is 0 Å². The van der Waals surface area contributed by atoms with Crippen LogP contribution in [0, 0.1) is 0 Å². The third-order valence-corrected chi connectivity index (χ3v) is 8.21. The van der Waals surface area contributed by atoms with Gasteiger partial charge < -0.3 is 4.42 Å². The second kappa shape index (κ2) is 9.08. The molecule has 0 aliphatic carbocycles. The van der Waals surface area contributed by atoms with Crippen LogP contribution in [0.1, 0.15) is 34.0 Å². The van der Waals surface area contributed by atoms with E-state index in [1.165, 1.54) is 0 Å². The summed E-state index contributed by atoms with van der Waals surface area (Å²) in [5.41, 5.74) is 4.02. The number of hydrogen-bond donors (Lipinski definition) is 0. The van der Waals surface area contributed by atoms with Crippen LogP contribution in [0.5, 0.6) is 0 Å². The van der Waals surface area contributed by atoms with E-state index in [0.29, 0.717) is 11.8 Å². The van der Waals surface area contributed by atoms with Crippen LogP contribution in [-0.2, 0) is 8.65 Å². The predicted molar refractivity (Wildman–Crippen MR) is 138 cm³/mol. The van der Waals surface area contributed by atoms with Crippen LogP contribution < -0.4 is 0 Å². The Morgan fingerprint density at radius 2 is 0.667 bits per heavy atom. The molecular formula is C28H20Br2N2O. The standard InChI is InChI=1S/C28H20Br2N2O/c29-27(21-13-5-1-6-14-21,22-15-7-2-8-16-22)25-31-32-26(33-25)28(30,23-17-9-3-10-18-23)24-19-11-4-12-20-24/h1-20H. The van der Waals surface area contributed by atoms with Crippen LogP contribution >= 0.6 is 31.9 Å². The summed E-state index contributed by atoms with van der Waals surface area (Å²) in [4.78, 5) is 0. The van der Waals surface area contributed by atoms with Gasteiger partial charge in [0.1, 0.15) is 0 Å². The van der Waals surface area contributed by atoms with E-state index in [2.05, 4.69) is 90.6 Å². The topological polar surface area (TPSA) is 38.9 Å². The van der Waals surface area contributed by atoms with Crippen molar-refractivity contribution in [2.24, 2.45) is 0 Å². The van der Waals surface area contributed by atoms with Crippen LogP contribution in [0.25, 0.3) is 0 Å². The molecule has 33 heavy (non-hydrogen) atoms. The lowest BCUT2D eigenvalue weighted by atomic mass is 9.90. The van der Waals surface area contributed by atoms with Crippen molar-refractivity contribution in [1.29, 1.82) is 0 Å². The van der Waals surface area contributed by atoms with Crippen LogP contribution in [0.15, 0.2) is 126 Å². The Morgan fingerprint density at radius 3 is 0.909 bits per heavy atom. The maximum Gasteiger partial charge on any atom is 0.242 e. The first-order valence-corrected chi connectivity index (χ1v) is 12.2. The maximum absolute atomic E-state index is 6.52. The molecule has 0 saturated carbocycles. The van der Waals surface area contributed by atoms with Crippen molar-refractivity contribution < 1.29 is 4.42 Å². The fourth-order valence-corrected chi connectivity index (χ4v) is 5.38. The number of hydrogen-bond acceptors (Lipinski definition) is 3. The molecule has 1 heterocycles. The number of benzene rings is 4. The number of alkyl halides is 2. The van der Waals surface area contributed by atoms with Crippen molar-refractivity contribution in [3.63, 3.8) is 0 Å². The lowest BCUT2D eigenvalue weighted by molar-refractivity contribution is 0.425.